The first-order chi connectivity index (χ1) is 5.81. The number of fused-ring (bicyclic) bond motifs is 1. The number of alkyl halides is 1. The summed E-state index contributed by atoms with van der Waals surface area (Å²) in [6, 6.07) is 0.104. The number of ether oxygens (including phenoxy) is 1. The summed E-state index contributed by atoms with van der Waals surface area (Å²) in [6.07, 6.45) is -0.251. The van der Waals surface area contributed by atoms with Crippen LogP contribution in [0.1, 0.15) is 0 Å². The second kappa shape index (κ2) is 3.22. The van der Waals surface area contributed by atoms with Gasteiger partial charge < -0.3 is 10.5 Å². The predicted molar refractivity (Wildman–Crippen MR) is 47.1 cm³/mol. The quantitative estimate of drug-likeness (QED) is 0.651. The van der Waals surface area contributed by atoms with E-state index in [1.54, 1.807) is 0 Å². The maximum atomic E-state index is 12.4. The van der Waals surface area contributed by atoms with Crippen LogP contribution in [-0.2, 0) is 4.74 Å². The van der Waals surface area contributed by atoms with Crippen LogP contribution >= 0.6 is 11.8 Å². The number of aliphatic imine (C=N–C) groups is 1. The minimum atomic E-state index is -0.406. The summed E-state index contributed by atoms with van der Waals surface area (Å²) in [5.74, 6) is 1.07. The van der Waals surface area contributed by atoms with Crippen molar-refractivity contribution in [2.75, 3.05) is 19.0 Å². The summed E-state index contributed by atoms with van der Waals surface area (Å²) in [7, 11) is 0. The number of rotatable bonds is 1. The van der Waals surface area contributed by atoms with Crippen molar-refractivity contribution in [1.29, 1.82) is 0 Å². The average molecular weight is 190 g/mol. The molecule has 0 radical (unpaired) electrons. The summed E-state index contributed by atoms with van der Waals surface area (Å²) >= 11 is 1.49. The van der Waals surface area contributed by atoms with Crippen LogP contribution in [0.25, 0.3) is 0 Å². The van der Waals surface area contributed by atoms with Gasteiger partial charge in [0.1, 0.15) is 6.67 Å². The van der Waals surface area contributed by atoms with E-state index in [0.717, 1.165) is 5.75 Å². The largest absolute Gasteiger partial charge is 0.379 e. The first-order valence-corrected chi connectivity index (χ1v) is 4.93. The van der Waals surface area contributed by atoms with Gasteiger partial charge in [-0.1, -0.05) is 11.8 Å². The number of halogens is 1. The van der Waals surface area contributed by atoms with Crippen molar-refractivity contribution in [3.8, 4) is 0 Å². The number of hydrogen-bond donors (Lipinski definition) is 1. The third-order valence-corrected chi connectivity index (χ3v) is 3.27. The van der Waals surface area contributed by atoms with Crippen LogP contribution in [0.5, 0.6) is 0 Å². The molecule has 1 saturated heterocycles. The second-order valence-electron chi connectivity index (χ2n) is 3.04. The van der Waals surface area contributed by atoms with Crippen LogP contribution in [0, 0.1) is 5.92 Å². The van der Waals surface area contributed by atoms with Crippen molar-refractivity contribution >= 4 is 16.9 Å². The van der Waals surface area contributed by atoms with Gasteiger partial charge in [0.25, 0.3) is 0 Å². The van der Waals surface area contributed by atoms with E-state index < -0.39 is 6.67 Å². The molecule has 1 fully saturated rings. The normalized spacial score (nSPS) is 40.8. The molecule has 2 N–H and O–H groups in total. The Balaban J connectivity index is 2.09. The topological polar surface area (TPSA) is 47.6 Å². The number of hydrogen-bond acceptors (Lipinski definition) is 4. The van der Waals surface area contributed by atoms with Gasteiger partial charge in [-0.3, -0.25) is 4.99 Å². The Morgan fingerprint density at radius 2 is 2.58 bits per heavy atom. The lowest BCUT2D eigenvalue weighted by Gasteiger charge is -2.22. The van der Waals surface area contributed by atoms with E-state index in [1.165, 1.54) is 11.8 Å². The summed E-state index contributed by atoms with van der Waals surface area (Å²) in [4.78, 5) is 4.21. The van der Waals surface area contributed by atoms with Gasteiger partial charge in [0.2, 0.25) is 0 Å². The van der Waals surface area contributed by atoms with Crippen LogP contribution in [0.2, 0.25) is 0 Å². The molecule has 0 aromatic carbocycles. The lowest BCUT2D eigenvalue weighted by atomic mass is 10.0. The first kappa shape index (κ1) is 8.31. The van der Waals surface area contributed by atoms with Crippen molar-refractivity contribution in [2.45, 2.75) is 12.1 Å². The molecule has 0 bridgehead atoms. The SMILES string of the molecule is NC1=N[C@@H]2CO[C@H](CF)[C@H]2CS1. The highest BCUT2D eigenvalue weighted by atomic mass is 32.2. The lowest BCUT2D eigenvalue weighted by molar-refractivity contribution is 0.0729. The molecule has 0 unspecified atom stereocenters. The van der Waals surface area contributed by atoms with Crippen LogP contribution < -0.4 is 5.73 Å². The second-order valence-corrected chi connectivity index (χ2v) is 4.08. The third-order valence-electron chi connectivity index (χ3n) is 2.32. The maximum Gasteiger partial charge on any atom is 0.154 e. The molecular weight excluding hydrogens is 179 g/mol. The monoisotopic (exact) mass is 190 g/mol. The average Bonchev–Trinajstić information content (AvgIpc) is 2.46. The van der Waals surface area contributed by atoms with Crippen molar-refractivity contribution in [3.63, 3.8) is 0 Å². The van der Waals surface area contributed by atoms with Crippen molar-refractivity contribution in [1.82, 2.24) is 0 Å². The molecule has 2 aliphatic rings. The highest BCUT2D eigenvalue weighted by Gasteiger charge is 2.39. The van der Waals surface area contributed by atoms with Crippen LogP contribution in [0.4, 0.5) is 4.39 Å². The number of nitrogens with two attached hydrogens (primary N) is 1. The van der Waals surface area contributed by atoms with E-state index in [-0.39, 0.29) is 18.1 Å². The molecule has 68 valence electrons. The molecular formula is C7H11FN2OS. The minimum Gasteiger partial charge on any atom is -0.379 e. The van der Waals surface area contributed by atoms with Gasteiger partial charge in [-0.05, 0) is 0 Å². The summed E-state index contributed by atoms with van der Waals surface area (Å²) in [6.45, 7) is 0.123. The molecule has 0 aromatic heterocycles. The van der Waals surface area contributed by atoms with E-state index in [1.807, 2.05) is 0 Å². The molecule has 0 aromatic rings. The Bertz CT molecular complexity index is 212. The summed E-state index contributed by atoms with van der Waals surface area (Å²) in [5.41, 5.74) is 5.54. The molecule has 2 rings (SSSR count). The van der Waals surface area contributed by atoms with E-state index in [9.17, 15) is 4.39 Å². The van der Waals surface area contributed by atoms with Gasteiger partial charge >= 0.3 is 0 Å². The van der Waals surface area contributed by atoms with Crippen LogP contribution in [0.3, 0.4) is 0 Å². The third kappa shape index (κ3) is 1.31. The molecule has 0 saturated carbocycles. The zero-order valence-corrected chi connectivity index (χ0v) is 7.39. The standard InChI is InChI=1S/C7H11FN2OS/c8-1-6-4-3-12-7(9)10-5(4)2-11-6/h4-6H,1-3H2,(H2,9,10)/t4-,5+,6+/m0/s1. The van der Waals surface area contributed by atoms with E-state index in [4.69, 9.17) is 10.5 Å². The van der Waals surface area contributed by atoms with Crippen molar-refractivity contribution in [3.05, 3.63) is 0 Å². The smallest absolute Gasteiger partial charge is 0.154 e. The Morgan fingerprint density at radius 3 is 3.33 bits per heavy atom. The fraction of sp³-hybridized carbons (Fsp3) is 0.857. The Kier molecular flexibility index (Phi) is 2.23. The Hall–Kier alpha value is -0.290. The van der Waals surface area contributed by atoms with Gasteiger partial charge in [0, 0.05) is 11.7 Å². The van der Waals surface area contributed by atoms with Crippen molar-refractivity contribution < 1.29 is 9.13 Å². The molecule has 12 heavy (non-hydrogen) atoms. The van der Waals surface area contributed by atoms with E-state index in [2.05, 4.69) is 4.99 Å². The van der Waals surface area contributed by atoms with E-state index in [0.29, 0.717) is 11.8 Å². The van der Waals surface area contributed by atoms with Gasteiger partial charge in [-0.2, -0.15) is 0 Å². The summed E-state index contributed by atoms with van der Waals surface area (Å²) in [5, 5.41) is 0.611. The van der Waals surface area contributed by atoms with Crippen LogP contribution in [-0.4, -0.2) is 36.3 Å². The first-order valence-electron chi connectivity index (χ1n) is 3.95. The molecule has 0 amide bonds. The van der Waals surface area contributed by atoms with Gasteiger partial charge in [-0.25, -0.2) is 4.39 Å². The molecule has 3 atom stereocenters. The molecule has 0 aliphatic carbocycles. The zero-order valence-electron chi connectivity index (χ0n) is 6.57. The molecule has 0 spiro atoms. The Labute approximate surface area is 74.6 Å². The van der Waals surface area contributed by atoms with E-state index >= 15 is 0 Å². The number of amidine groups is 1. The highest BCUT2D eigenvalue weighted by Crippen LogP contribution is 2.31. The molecule has 2 heterocycles. The Morgan fingerprint density at radius 1 is 1.75 bits per heavy atom. The van der Waals surface area contributed by atoms with Gasteiger partial charge in [0.15, 0.2) is 5.17 Å². The molecule has 5 heteroatoms. The molecule has 3 nitrogen and oxygen atoms in total. The van der Waals surface area contributed by atoms with Crippen LogP contribution in [0.15, 0.2) is 4.99 Å². The number of nitrogens with zero attached hydrogens (tertiary/aromatic N) is 1. The summed E-state index contributed by atoms with van der Waals surface area (Å²) < 4.78 is 17.6. The lowest BCUT2D eigenvalue weighted by Crippen LogP contribution is -2.32. The zero-order chi connectivity index (χ0) is 8.55. The number of thioether (sulfide) groups is 1. The fourth-order valence-electron chi connectivity index (χ4n) is 1.61. The fourth-order valence-corrected chi connectivity index (χ4v) is 2.62. The minimum absolute atomic E-state index is 0.104. The van der Waals surface area contributed by atoms with Crippen molar-refractivity contribution in [2.24, 2.45) is 16.6 Å². The van der Waals surface area contributed by atoms with Gasteiger partial charge in [-0.15, -0.1) is 0 Å². The van der Waals surface area contributed by atoms with Gasteiger partial charge in [0.05, 0.1) is 18.8 Å². The molecule has 2 aliphatic heterocycles. The predicted octanol–water partition coefficient (Wildman–Crippen LogP) is 0.401. The highest BCUT2D eigenvalue weighted by molar-refractivity contribution is 8.13. The maximum absolute atomic E-state index is 12.4.